The molecule has 1 heterocycles. The first-order valence-electron chi connectivity index (χ1n) is 19.7. The molecule has 1 aliphatic rings. The maximum absolute atomic E-state index is 5.84. The van der Waals surface area contributed by atoms with E-state index in [2.05, 4.69) is 61.4 Å². The number of rotatable bonds is 15. The topological polar surface area (TPSA) is 105 Å². The number of nitrogens with one attached hydrogen (secondary N) is 3. The highest BCUT2D eigenvalue weighted by molar-refractivity contribution is 7.80. The zero-order valence-electron chi connectivity index (χ0n) is 34.1. The molecular formula is C48H50Cl2N6O3S3. The fourth-order valence-corrected chi connectivity index (χ4v) is 6.16. The average Bonchev–Trinajstić information content (AvgIpc) is 3.75. The Morgan fingerprint density at radius 1 is 0.677 bits per heavy atom. The largest absolute Gasteiger partial charge is 0.489 e. The zero-order valence-corrected chi connectivity index (χ0v) is 38.1. The molecule has 9 nitrogen and oxygen atoms in total. The minimum absolute atomic E-state index is 0.516. The molecule has 62 heavy (non-hydrogen) atoms. The molecular weight excluding hydrogens is 876 g/mol. The van der Waals surface area contributed by atoms with Gasteiger partial charge in [0.15, 0.2) is 10.2 Å². The van der Waals surface area contributed by atoms with E-state index in [4.69, 9.17) is 67.6 Å². The molecule has 6 aromatic rings. The molecule has 1 aliphatic heterocycles. The molecule has 1 fully saturated rings. The molecule has 5 N–H and O–H groups in total. The summed E-state index contributed by atoms with van der Waals surface area (Å²) < 4.78 is 17.2. The fraction of sp³-hybridized carbons (Fsp3) is 0.188. The third-order valence-corrected chi connectivity index (χ3v) is 9.42. The van der Waals surface area contributed by atoms with E-state index in [-0.39, 0.29) is 0 Å². The number of nitrogens with two attached hydrogens (primary N) is 1. The van der Waals surface area contributed by atoms with Gasteiger partial charge in [-0.15, -0.1) is 23.2 Å². The lowest BCUT2D eigenvalue weighted by Crippen LogP contribution is -2.29. The molecule has 0 saturated carbocycles. The predicted molar refractivity (Wildman–Crippen MR) is 270 cm³/mol. The number of hydrogen-bond acceptors (Lipinski definition) is 8. The summed E-state index contributed by atoms with van der Waals surface area (Å²) in [4.78, 5) is 5.61. The number of benzene rings is 6. The number of aliphatic imine (C=N–C) groups is 1. The van der Waals surface area contributed by atoms with Crippen LogP contribution in [-0.4, -0.2) is 53.3 Å². The van der Waals surface area contributed by atoms with E-state index in [1.807, 2.05) is 146 Å². The van der Waals surface area contributed by atoms with Crippen LogP contribution in [0.5, 0.6) is 17.2 Å². The van der Waals surface area contributed by atoms with Crippen LogP contribution in [0.4, 0.5) is 17.1 Å². The molecule has 0 bridgehead atoms. The normalized spacial score (nSPS) is 11.0. The number of nitrogens with zero attached hydrogens (tertiary/aromatic N) is 2. The van der Waals surface area contributed by atoms with Gasteiger partial charge in [-0.05, 0) is 89.7 Å². The van der Waals surface area contributed by atoms with E-state index >= 15 is 0 Å². The lowest BCUT2D eigenvalue weighted by atomic mass is 10.2. The summed E-state index contributed by atoms with van der Waals surface area (Å²) in [6, 6.07) is 53.5. The summed E-state index contributed by atoms with van der Waals surface area (Å²) in [6.07, 6.45) is 0. The first-order chi connectivity index (χ1) is 30.4. The van der Waals surface area contributed by atoms with Crippen molar-refractivity contribution in [2.24, 2.45) is 4.99 Å². The van der Waals surface area contributed by atoms with Gasteiger partial charge >= 0.3 is 0 Å². The van der Waals surface area contributed by atoms with Gasteiger partial charge in [0.1, 0.15) is 37.1 Å². The van der Waals surface area contributed by atoms with Crippen molar-refractivity contribution in [3.05, 3.63) is 180 Å². The monoisotopic (exact) mass is 924 g/mol. The van der Waals surface area contributed by atoms with E-state index in [0.717, 1.165) is 69.2 Å². The SMILES string of the molecule is Nc1cccc(OCc2ccccc2)c1.S=C(NCCCl)Nc1cccc(OCc2ccccc2)c1.S=C1NCCN1c1cccc(OCc2ccccc2)c1.S=C=NCCCl. The van der Waals surface area contributed by atoms with Crippen molar-refractivity contribution in [3.63, 3.8) is 0 Å². The number of isothiocyanates is 1. The van der Waals surface area contributed by atoms with Crippen LogP contribution in [-0.2, 0) is 19.8 Å². The molecule has 0 unspecified atom stereocenters. The minimum Gasteiger partial charge on any atom is -0.489 e. The van der Waals surface area contributed by atoms with Crippen LogP contribution in [0.15, 0.2) is 169 Å². The Morgan fingerprint density at radius 3 is 1.66 bits per heavy atom. The molecule has 0 amide bonds. The number of ether oxygens (including phenoxy) is 3. The summed E-state index contributed by atoms with van der Waals surface area (Å²) >= 11 is 25.5. The Bertz CT molecular complexity index is 2260. The van der Waals surface area contributed by atoms with Crippen LogP contribution in [0, 0.1) is 0 Å². The van der Waals surface area contributed by atoms with Gasteiger partial charge in [0.2, 0.25) is 0 Å². The standard InChI is InChI=1S/C16H17ClN2OS.C16H16N2OS.C13H13NO.C3H4ClNS/c17-9-10-18-16(21)19-14-7-4-8-15(11-14)20-12-13-5-2-1-3-6-13;20-16-17-9-10-18(16)14-7-4-8-15(11-14)19-12-13-5-2-1-3-6-13;14-12-7-4-8-13(9-12)15-10-11-5-2-1-3-6-11;4-1-2-5-3-6/h1-8,11H,9-10,12H2,(H2,18,19,21);1-8,11H,9-10,12H2,(H,17,20);1-9H,10,14H2;1-2H2. The second-order valence-electron chi connectivity index (χ2n) is 13.0. The van der Waals surface area contributed by atoms with Crippen molar-refractivity contribution in [1.29, 1.82) is 0 Å². The summed E-state index contributed by atoms with van der Waals surface area (Å²) in [6.45, 7) is 4.72. The molecule has 1 saturated heterocycles. The van der Waals surface area contributed by atoms with E-state index in [1.54, 1.807) is 0 Å². The molecule has 0 aliphatic carbocycles. The van der Waals surface area contributed by atoms with Gasteiger partial charge in [0, 0.05) is 66.7 Å². The van der Waals surface area contributed by atoms with Gasteiger partial charge < -0.3 is 40.8 Å². The van der Waals surface area contributed by atoms with Gasteiger partial charge in [-0.1, -0.05) is 109 Å². The number of anilines is 3. The van der Waals surface area contributed by atoms with Crippen LogP contribution in [0.1, 0.15) is 16.7 Å². The summed E-state index contributed by atoms with van der Waals surface area (Å²) in [5.41, 5.74) is 11.8. The number of alkyl halides is 2. The second kappa shape index (κ2) is 29.5. The van der Waals surface area contributed by atoms with Gasteiger partial charge in [0.25, 0.3) is 0 Å². The molecule has 322 valence electrons. The Labute approximate surface area is 391 Å². The fourth-order valence-electron chi connectivity index (χ4n) is 5.37. The highest BCUT2D eigenvalue weighted by atomic mass is 35.5. The molecule has 0 spiro atoms. The predicted octanol–water partition coefficient (Wildman–Crippen LogP) is 10.9. The second-order valence-corrected chi connectivity index (χ2v) is 14.8. The Morgan fingerprint density at radius 2 is 1.19 bits per heavy atom. The van der Waals surface area contributed by atoms with E-state index in [0.29, 0.717) is 49.8 Å². The lowest BCUT2D eigenvalue weighted by Gasteiger charge is -2.17. The third-order valence-electron chi connectivity index (χ3n) is 8.32. The number of nitrogen functional groups attached to an aromatic ring is 1. The van der Waals surface area contributed by atoms with Gasteiger partial charge in [0.05, 0.1) is 11.7 Å². The average molecular weight is 926 g/mol. The smallest absolute Gasteiger partial charge is 0.173 e. The first-order valence-corrected chi connectivity index (χ1v) is 22.0. The Balaban J connectivity index is 0.000000194. The maximum Gasteiger partial charge on any atom is 0.173 e. The van der Waals surface area contributed by atoms with Gasteiger partial charge in [-0.2, -0.15) is 0 Å². The summed E-state index contributed by atoms with van der Waals surface area (Å²) in [7, 11) is 0. The molecule has 0 aromatic heterocycles. The summed E-state index contributed by atoms with van der Waals surface area (Å²) in [5, 5.41) is 12.8. The van der Waals surface area contributed by atoms with Crippen molar-refractivity contribution in [2.75, 3.05) is 53.9 Å². The Kier molecular flexibility index (Phi) is 23.3. The van der Waals surface area contributed by atoms with E-state index in [1.165, 1.54) is 0 Å². The van der Waals surface area contributed by atoms with Gasteiger partial charge in [-0.25, -0.2) is 4.99 Å². The number of halogens is 2. The van der Waals surface area contributed by atoms with Crippen molar-refractivity contribution in [3.8, 4) is 17.2 Å². The highest BCUT2D eigenvalue weighted by Gasteiger charge is 2.17. The van der Waals surface area contributed by atoms with Crippen molar-refractivity contribution < 1.29 is 14.2 Å². The van der Waals surface area contributed by atoms with Crippen LogP contribution in [0.3, 0.4) is 0 Å². The van der Waals surface area contributed by atoms with E-state index in [9.17, 15) is 0 Å². The van der Waals surface area contributed by atoms with Crippen molar-refractivity contribution in [1.82, 2.24) is 10.6 Å². The third kappa shape index (κ3) is 19.8. The van der Waals surface area contributed by atoms with Crippen LogP contribution in [0.25, 0.3) is 0 Å². The van der Waals surface area contributed by atoms with Crippen LogP contribution in [0.2, 0.25) is 0 Å². The zero-order chi connectivity index (χ0) is 44.0. The molecule has 0 radical (unpaired) electrons. The van der Waals surface area contributed by atoms with Crippen molar-refractivity contribution in [2.45, 2.75) is 19.8 Å². The maximum atomic E-state index is 5.84. The van der Waals surface area contributed by atoms with Gasteiger partial charge in [-0.3, -0.25) is 0 Å². The van der Waals surface area contributed by atoms with Crippen LogP contribution < -0.4 is 40.8 Å². The molecule has 6 aromatic carbocycles. The molecule has 7 rings (SSSR count). The Hall–Kier alpha value is -5.72. The first kappa shape index (κ1) is 48.9. The lowest BCUT2D eigenvalue weighted by molar-refractivity contribution is 0.306. The minimum atomic E-state index is 0.516. The van der Waals surface area contributed by atoms with E-state index < -0.39 is 0 Å². The molecule has 0 atom stereocenters. The van der Waals surface area contributed by atoms with Crippen LogP contribution >= 0.6 is 59.9 Å². The highest BCUT2D eigenvalue weighted by Crippen LogP contribution is 2.24. The number of hydrogen-bond donors (Lipinski definition) is 4. The quantitative estimate of drug-likeness (QED) is 0.0342. The van der Waals surface area contributed by atoms with Crippen molar-refractivity contribution >= 4 is 92.3 Å². The summed E-state index contributed by atoms with van der Waals surface area (Å²) in [5.74, 6) is 3.51. The number of thiocarbonyl (C=S) groups is 3. The molecule has 14 heteroatoms.